The van der Waals surface area contributed by atoms with Crippen molar-refractivity contribution in [2.45, 2.75) is 57.4 Å². The van der Waals surface area contributed by atoms with Crippen LogP contribution >= 0.6 is 0 Å². The number of carbonyl (C=O) groups excluding carboxylic acids is 1. The Morgan fingerprint density at radius 2 is 1.93 bits per heavy atom. The maximum Gasteiger partial charge on any atom is 0.261 e. The molecule has 1 saturated carbocycles. The highest BCUT2D eigenvalue weighted by Crippen LogP contribution is 2.44. The van der Waals surface area contributed by atoms with Gasteiger partial charge in [0.1, 0.15) is 0 Å². The molecule has 0 unspecified atom stereocenters. The van der Waals surface area contributed by atoms with E-state index in [1.807, 2.05) is 0 Å². The summed E-state index contributed by atoms with van der Waals surface area (Å²) in [5, 5.41) is 0. The summed E-state index contributed by atoms with van der Waals surface area (Å²) in [6.45, 7) is 2.57. The van der Waals surface area contributed by atoms with Gasteiger partial charge in [-0.2, -0.15) is 0 Å². The Morgan fingerprint density at radius 1 is 1.11 bits per heavy atom. The van der Waals surface area contributed by atoms with Crippen LogP contribution in [0.4, 0.5) is 5.69 Å². The molecule has 3 aliphatic heterocycles. The van der Waals surface area contributed by atoms with Crippen molar-refractivity contribution in [1.29, 1.82) is 0 Å². The van der Waals surface area contributed by atoms with Gasteiger partial charge in [0, 0.05) is 44.1 Å². The smallest absolute Gasteiger partial charge is 0.261 e. The third-order valence-electron chi connectivity index (χ3n) is 6.98. The SMILES string of the molecule is CN1CCC/C1=C1/C(=O)N(C2CCOCC2)c2ccc(CC3CCC3)cc21. The van der Waals surface area contributed by atoms with Gasteiger partial charge in [0.15, 0.2) is 0 Å². The summed E-state index contributed by atoms with van der Waals surface area (Å²) in [5.74, 6) is 1.07. The maximum absolute atomic E-state index is 13.6. The van der Waals surface area contributed by atoms with E-state index in [2.05, 4.69) is 35.0 Å². The fourth-order valence-electron chi connectivity index (χ4n) is 5.21. The lowest BCUT2D eigenvalue weighted by molar-refractivity contribution is -0.113. The molecular weight excluding hydrogens is 336 g/mol. The van der Waals surface area contributed by atoms with Crippen LogP contribution in [-0.4, -0.2) is 43.7 Å². The lowest BCUT2D eigenvalue weighted by Gasteiger charge is -2.31. The second-order valence-corrected chi connectivity index (χ2v) is 8.72. The predicted molar refractivity (Wildman–Crippen MR) is 108 cm³/mol. The molecule has 5 rings (SSSR count). The average Bonchev–Trinajstić information content (AvgIpc) is 3.18. The maximum atomic E-state index is 13.6. The van der Waals surface area contributed by atoms with Crippen molar-refractivity contribution in [3.63, 3.8) is 0 Å². The molecule has 0 atom stereocenters. The van der Waals surface area contributed by atoms with Gasteiger partial charge in [0.2, 0.25) is 0 Å². The van der Waals surface area contributed by atoms with Crippen LogP contribution in [0.1, 0.15) is 56.1 Å². The Kier molecular flexibility index (Phi) is 4.47. The molecule has 3 heterocycles. The number of fused-ring (bicyclic) bond motifs is 1. The van der Waals surface area contributed by atoms with Crippen LogP contribution in [0.5, 0.6) is 0 Å². The summed E-state index contributed by atoms with van der Waals surface area (Å²) < 4.78 is 5.55. The summed E-state index contributed by atoms with van der Waals surface area (Å²) in [4.78, 5) is 18.0. The fraction of sp³-hybridized carbons (Fsp3) is 0.609. The molecule has 0 bridgehead atoms. The van der Waals surface area contributed by atoms with Crippen LogP contribution in [0.15, 0.2) is 23.9 Å². The third kappa shape index (κ3) is 2.98. The first kappa shape index (κ1) is 17.3. The Labute approximate surface area is 162 Å². The zero-order valence-corrected chi connectivity index (χ0v) is 16.4. The molecule has 3 fully saturated rings. The van der Waals surface area contributed by atoms with Crippen molar-refractivity contribution in [1.82, 2.24) is 4.90 Å². The standard InChI is InChI=1S/C23H30N2O2/c1-24-11-3-6-21(24)22-19-15-17(14-16-4-2-5-16)7-8-20(19)25(23(22)26)18-9-12-27-13-10-18/h7-8,15-16,18H,2-6,9-14H2,1H3/b22-21-. The highest BCUT2D eigenvalue weighted by atomic mass is 16.5. The van der Waals surface area contributed by atoms with Gasteiger partial charge in [-0.05, 0) is 55.7 Å². The molecule has 4 heteroatoms. The summed E-state index contributed by atoms with van der Waals surface area (Å²) in [6.07, 6.45) is 9.31. The molecule has 0 N–H and O–H groups in total. The van der Waals surface area contributed by atoms with Gasteiger partial charge in [-0.15, -0.1) is 0 Å². The first-order valence-corrected chi connectivity index (χ1v) is 10.7. The minimum Gasteiger partial charge on any atom is -0.381 e. The van der Waals surface area contributed by atoms with E-state index >= 15 is 0 Å². The molecule has 0 aromatic heterocycles. The van der Waals surface area contributed by atoms with Gasteiger partial charge in [-0.3, -0.25) is 4.79 Å². The number of likely N-dealkylation sites (tertiary alicyclic amines) is 1. The van der Waals surface area contributed by atoms with Crippen LogP contribution < -0.4 is 4.90 Å². The number of nitrogens with zero attached hydrogens (tertiary/aromatic N) is 2. The van der Waals surface area contributed by atoms with Crippen LogP contribution in [0.25, 0.3) is 5.57 Å². The minimum absolute atomic E-state index is 0.224. The Balaban J connectivity index is 1.56. The number of carbonyl (C=O) groups is 1. The zero-order chi connectivity index (χ0) is 18.4. The molecule has 2 saturated heterocycles. The fourth-order valence-corrected chi connectivity index (χ4v) is 5.21. The monoisotopic (exact) mass is 366 g/mol. The van der Waals surface area contributed by atoms with E-state index < -0.39 is 0 Å². The van der Waals surface area contributed by atoms with Gasteiger partial charge < -0.3 is 14.5 Å². The number of anilines is 1. The molecule has 1 aliphatic carbocycles. The first-order chi connectivity index (χ1) is 13.2. The third-order valence-corrected chi connectivity index (χ3v) is 6.98. The Morgan fingerprint density at radius 3 is 2.59 bits per heavy atom. The van der Waals surface area contributed by atoms with Crippen molar-refractivity contribution in [2.75, 3.05) is 31.7 Å². The average molecular weight is 367 g/mol. The van der Waals surface area contributed by atoms with Crippen LogP contribution in [0, 0.1) is 5.92 Å². The molecule has 27 heavy (non-hydrogen) atoms. The van der Waals surface area contributed by atoms with Gasteiger partial charge in [-0.25, -0.2) is 0 Å². The normalized spacial score (nSPS) is 26.6. The molecule has 1 amide bonds. The van der Waals surface area contributed by atoms with Crippen LogP contribution in [0.2, 0.25) is 0 Å². The second kappa shape index (κ2) is 6.97. The van der Waals surface area contributed by atoms with Crippen LogP contribution in [0.3, 0.4) is 0 Å². The summed E-state index contributed by atoms with van der Waals surface area (Å²) in [6, 6.07) is 7.09. The molecule has 144 valence electrons. The van der Waals surface area contributed by atoms with E-state index in [1.165, 1.54) is 36.1 Å². The number of benzene rings is 1. The van der Waals surface area contributed by atoms with Gasteiger partial charge in [0.05, 0.1) is 11.3 Å². The van der Waals surface area contributed by atoms with Crippen molar-refractivity contribution in [3.8, 4) is 0 Å². The van der Waals surface area contributed by atoms with Gasteiger partial charge in [-0.1, -0.05) is 25.3 Å². The van der Waals surface area contributed by atoms with E-state index in [0.29, 0.717) is 0 Å². The topological polar surface area (TPSA) is 32.8 Å². The lowest BCUT2D eigenvalue weighted by atomic mass is 9.80. The molecule has 4 aliphatic rings. The molecule has 0 spiro atoms. The number of hydrogen-bond acceptors (Lipinski definition) is 3. The van der Waals surface area contributed by atoms with Crippen molar-refractivity contribution >= 4 is 17.2 Å². The number of allylic oxidation sites excluding steroid dienone is 1. The molecule has 1 aromatic rings. The largest absolute Gasteiger partial charge is 0.381 e. The zero-order valence-electron chi connectivity index (χ0n) is 16.4. The van der Waals surface area contributed by atoms with E-state index in [-0.39, 0.29) is 11.9 Å². The number of ether oxygens (including phenoxy) is 1. The highest BCUT2D eigenvalue weighted by molar-refractivity contribution is 6.33. The van der Waals surface area contributed by atoms with E-state index in [0.717, 1.165) is 69.0 Å². The van der Waals surface area contributed by atoms with Crippen molar-refractivity contribution < 1.29 is 9.53 Å². The first-order valence-electron chi connectivity index (χ1n) is 10.7. The molecular formula is C23H30N2O2. The highest BCUT2D eigenvalue weighted by Gasteiger charge is 2.40. The second-order valence-electron chi connectivity index (χ2n) is 8.72. The minimum atomic E-state index is 0.224. The number of amides is 1. The lowest BCUT2D eigenvalue weighted by Crippen LogP contribution is -2.41. The van der Waals surface area contributed by atoms with E-state index in [4.69, 9.17) is 4.74 Å². The van der Waals surface area contributed by atoms with E-state index in [9.17, 15) is 4.79 Å². The summed E-state index contributed by atoms with van der Waals surface area (Å²) in [7, 11) is 2.14. The number of hydrogen-bond donors (Lipinski definition) is 0. The predicted octanol–water partition coefficient (Wildman–Crippen LogP) is 3.99. The quantitative estimate of drug-likeness (QED) is 0.758. The van der Waals surface area contributed by atoms with Gasteiger partial charge >= 0.3 is 0 Å². The Hall–Kier alpha value is -1.81. The van der Waals surface area contributed by atoms with Crippen molar-refractivity contribution in [2.24, 2.45) is 5.92 Å². The Bertz CT molecular complexity index is 775. The van der Waals surface area contributed by atoms with Gasteiger partial charge in [0.25, 0.3) is 5.91 Å². The molecule has 1 aromatic carbocycles. The molecule has 0 radical (unpaired) electrons. The summed E-state index contributed by atoms with van der Waals surface area (Å²) in [5.41, 5.74) is 5.95. The van der Waals surface area contributed by atoms with Crippen LogP contribution in [-0.2, 0) is 16.0 Å². The van der Waals surface area contributed by atoms with E-state index in [1.54, 1.807) is 0 Å². The van der Waals surface area contributed by atoms with Crippen molar-refractivity contribution in [3.05, 3.63) is 35.0 Å². The summed E-state index contributed by atoms with van der Waals surface area (Å²) >= 11 is 0. The molecule has 4 nitrogen and oxygen atoms in total. The number of rotatable bonds is 3.